The maximum absolute atomic E-state index is 15.2. The van der Waals surface area contributed by atoms with Crippen molar-refractivity contribution in [3.8, 4) is 22.6 Å². The average molecular weight is 348 g/mol. The fraction of sp³-hybridized carbons (Fsp3) is 0. The number of benzene rings is 3. The summed E-state index contributed by atoms with van der Waals surface area (Å²) in [5, 5.41) is 8.92. The molecular formula is C20H13FN2O3. The smallest absolute Gasteiger partial charge is 0.275 e. The van der Waals surface area contributed by atoms with Crippen molar-refractivity contribution in [1.82, 2.24) is 5.48 Å². The number of hydrogen-bond acceptors (Lipinski definition) is 4. The van der Waals surface area contributed by atoms with Crippen molar-refractivity contribution in [1.29, 1.82) is 0 Å². The van der Waals surface area contributed by atoms with Crippen LogP contribution in [0.4, 0.5) is 10.1 Å². The molecule has 4 rings (SSSR count). The van der Waals surface area contributed by atoms with Gasteiger partial charge in [-0.3, -0.25) is 15.0 Å². The summed E-state index contributed by atoms with van der Waals surface area (Å²) in [7, 11) is 0. The molecule has 0 saturated heterocycles. The third-order valence-corrected chi connectivity index (χ3v) is 4.12. The van der Waals surface area contributed by atoms with Crippen molar-refractivity contribution in [2.45, 2.75) is 0 Å². The molecular weight excluding hydrogens is 335 g/mol. The monoisotopic (exact) mass is 348 g/mol. The summed E-state index contributed by atoms with van der Waals surface area (Å²) in [6.45, 7) is 0. The Morgan fingerprint density at radius 1 is 0.962 bits per heavy atom. The summed E-state index contributed by atoms with van der Waals surface area (Å²) in [6.07, 6.45) is 1.41. The number of nitrogens with zero attached hydrogens (tertiary/aromatic N) is 1. The van der Waals surface area contributed by atoms with E-state index >= 15 is 4.39 Å². The van der Waals surface area contributed by atoms with E-state index in [-0.39, 0.29) is 16.7 Å². The number of carbonyl (C=O) groups is 1. The minimum Gasteiger partial charge on any atom is -0.454 e. The van der Waals surface area contributed by atoms with E-state index in [1.54, 1.807) is 47.9 Å². The van der Waals surface area contributed by atoms with E-state index < -0.39 is 11.7 Å². The highest BCUT2D eigenvalue weighted by molar-refractivity contribution is 6.01. The van der Waals surface area contributed by atoms with Gasteiger partial charge in [0.25, 0.3) is 5.91 Å². The molecule has 0 saturated carbocycles. The Morgan fingerprint density at radius 2 is 1.73 bits per heavy atom. The summed E-state index contributed by atoms with van der Waals surface area (Å²) in [5.41, 5.74) is 3.10. The van der Waals surface area contributed by atoms with Crippen LogP contribution < -0.4 is 10.2 Å². The lowest BCUT2D eigenvalue weighted by molar-refractivity contribution is 0.0707. The van der Waals surface area contributed by atoms with Gasteiger partial charge in [0.15, 0.2) is 5.75 Å². The summed E-state index contributed by atoms with van der Waals surface area (Å²) in [5.74, 6) is -0.400. The van der Waals surface area contributed by atoms with Crippen LogP contribution >= 0.6 is 0 Å². The largest absolute Gasteiger partial charge is 0.454 e. The van der Waals surface area contributed by atoms with E-state index in [1.807, 2.05) is 12.1 Å². The molecule has 3 aromatic carbocycles. The number of nitrogens with one attached hydrogen (secondary N) is 1. The molecule has 1 aliphatic rings. The van der Waals surface area contributed by atoms with Crippen LogP contribution in [0.25, 0.3) is 11.1 Å². The summed E-state index contributed by atoms with van der Waals surface area (Å²) in [4.78, 5) is 16.2. The number of hydrogen-bond donors (Lipinski definition) is 2. The summed E-state index contributed by atoms with van der Waals surface area (Å²) < 4.78 is 21.0. The lowest BCUT2D eigenvalue weighted by Gasteiger charge is -2.13. The number of rotatable bonds is 2. The van der Waals surface area contributed by atoms with E-state index in [4.69, 9.17) is 9.94 Å². The molecule has 6 heteroatoms. The van der Waals surface area contributed by atoms with Gasteiger partial charge >= 0.3 is 0 Å². The first-order chi connectivity index (χ1) is 12.7. The van der Waals surface area contributed by atoms with Crippen LogP contribution in [0.1, 0.15) is 15.9 Å². The molecule has 0 fully saturated rings. The maximum Gasteiger partial charge on any atom is 0.275 e. The molecule has 0 aromatic heterocycles. The molecule has 1 heterocycles. The molecule has 0 radical (unpaired) electrons. The van der Waals surface area contributed by atoms with Gasteiger partial charge in [0.2, 0.25) is 0 Å². The third kappa shape index (κ3) is 2.62. The molecule has 0 bridgehead atoms. The van der Waals surface area contributed by atoms with Crippen LogP contribution in [0, 0.1) is 5.82 Å². The Balaban J connectivity index is 1.87. The molecule has 3 aromatic rings. The van der Waals surface area contributed by atoms with E-state index in [1.165, 1.54) is 12.3 Å². The molecule has 1 aliphatic heterocycles. The summed E-state index contributed by atoms with van der Waals surface area (Å²) >= 11 is 0. The van der Waals surface area contributed by atoms with Crippen LogP contribution in [-0.4, -0.2) is 17.3 Å². The van der Waals surface area contributed by atoms with Crippen LogP contribution in [0.15, 0.2) is 65.7 Å². The number of fused-ring (bicyclic) bond motifs is 2. The van der Waals surface area contributed by atoms with E-state index in [9.17, 15) is 4.79 Å². The third-order valence-electron chi connectivity index (χ3n) is 4.12. The van der Waals surface area contributed by atoms with Crippen LogP contribution in [0.5, 0.6) is 11.5 Å². The number of halogens is 1. The van der Waals surface area contributed by atoms with Gasteiger partial charge in [0, 0.05) is 17.3 Å². The van der Waals surface area contributed by atoms with Crippen LogP contribution in [0.2, 0.25) is 0 Å². The molecule has 26 heavy (non-hydrogen) atoms. The minimum atomic E-state index is -0.715. The van der Waals surface area contributed by atoms with Crippen LogP contribution in [-0.2, 0) is 0 Å². The SMILES string of the molecule is O=C(NO)c1ccccc1-c1ccc2c(c1F)C=Nc1ccccc1O2. The van der Waals surface area contributed by atoms with Gasteiger partial charge in [-0.2, -0.15) is 0 Å². The van der Waals surface area contributed by atoms with Gasteiger partial charge in [-0.1, -0.05) is 30.3 Å². The van der Waals surface area contributed by atoms with Crippen LogP contribution in [0.3, 0.4) is 0 Å². The zero-order valence-electron chi connectivity index (χ0n) is 13.4. The Hall–Kier alpha value is -3.51. The second-order valence-electron chi connectivity index (χ2n) is 5.65. The highest BCUT2D eigenvalue weighted by Crippen LogP contribution is 2.39. The Labute approximate surface area is 148 Å². The normalized spacial score (nSPS) is 11.8. The van der Waals surface area contributed by atoms with Crippen molar-refractivity contribution >= 4 is 17.8 Å². The first-order valence-electron chi connectivity index (χ1n) is 7.86. The molecule has 0 atom stereocenters. The molecule has 128 valence electrons. The first-order valence-corrected chi connectivity index (χ1v) is 7.86. The predicted octanol–water partition coefficient (Wildman–Crippen LogP) is 4.47. The van der Waals surface area contributed by atoms with Crippen molar-refractivity contribution in [3.63, 3.8) is 0 Å². The lowest BCUT2D eigenvalue weighted by atomic mass is 9.96. The van der Waals surface area contributed by atoms with E-state index in [0.29, 0.717) is 22.7 Å². The summed E-state index contributed by atoms with van der Waals surface area (Å²) in [6, 6.07) is 16.8. The highest BCUT2D eigenvalue weighted by atomic mass is 19.1. The molecule has 1 amide bonds. The Bertz CT molecular complexity index is 1050. The second-order valence-corrected chi connectivity index (χ2v) is 5.65. The molecule has 0 unspecified atom stereocenters. The topological polar surface area (TPSA) is 70.9 Å². The lowest BCUT2D eigenvalue weighted by Crippen LogP contribution is -2.19. The Morgan fingerprint density at radius 3 is 2.58 bits per heavy atom. The predicted molar refractivity (Wildman–Crippen MR) is 94.9 cm³/mol. The number of para-hydroxylation sites is 2. The van der Waals surface area contributed by atoms with E-state index in [2.05, 4.69) is 4.99 Å². The molecule has 0 aliphatic carbocycles. The fourth-order valence-electron chi connectivity index (χ4n) is 2.87. The Kier molecular flexibility index (Phi) is 3.95. The number of aliphatic imine (C=N–C) groups is 1. The van der Waals surface area contributed by atoms with Crippen molar-refractivity contribution < 1.29 is 19.1 Å². The van der Waals surface area contributed by atoms with E-state index in [0.717, 1.165) is 0 Å². The number of ether oxygens (including phenoxy) is 1. The highest BCUT2D eigenvalue weighted by Gasteiger charge is 2.21. The first kappa shape index (κ1) is 16.0. The van der Waals surface area contributed by atoms with Gasteiger partial charge < -0.3 is 4.74 Å². The standard InChI is InChI=1S/C20H13FN2O3/c21-19-13(12-5-1-2-6-14(12)20(24)23-25)9-10-17-15(19)11-22-16-7-3-4-8-18(16)26-17/h1-11,25H,(H,23,24). The maximum atomic E-state index is 15.2. The van der Waals surface area contributed by atoms with Gasteiger partial charge in [-0.15, -0.1) is 0 Å². The van der Waals surface area contributed by atoms with Gasteiger partial charge in [0.05, 0.1) is 5.56 Å². The zero-order valence-corrected chi connectivity index (χ0v) is 13.4. The van der Waals surface area contributed by atoms with Gasteiger partial charge in [-0.25, -0.2) is 9.87 Å². The molecule has 5 nitrogen and oxygen atoms in total. The van der Waals surface area contributed by atoms with Crippen molar-refractivity contribution in [3.05, 3.63) is 77.6 Å². The molecule has 2 N–H and O–H groups in total. The number of amides is 1. The molecule has 0 spiro atoms. The number of hydroxylamine groups is 1. The fourth-order valence-corrected chi connectivity index (χ4v) is 2.87. The van der Waals surface area contributed by atoms with Crippen molar-refractivity contribution in [2.24, 2.45) is 4.99 Å². The van der Waals surface area contributed by atoms with Gasteiger partial charge in [0.1, 0.15) is 17.3 Å². The zero-order chi connectivity index (χ0) is 18.1. The average Bonchev–Trinajstić information content (AvgIpc) is 2.87. The second kappa shape index (κ2) is 6.42. The number of carbonyl (C=O) groups excluding carboxylic acids is 1. The minimum absolute atomic E-state index is 0.156. The van der Waals surface area contributed by atoms with Crippen molar-refractivity contribution in [2.75, 3.05) is 0 Å². The quantitative estimate of drug-likeness (QED) is 0.415. The van der Waals surface area contributed by atoms with Gasteiger partial charge in [-0.05, 0) is 35.9 Å².